The normalized spacial score (nSPS) is 20.1. The van der Waals surface area contributed by atoms with Crippen LogP contribution < -0.4 is 9.47 Å². The first-order chi connectivity index (χ1) is 17.3. The van der Waals surface area contributed by atoms with Crippen molar-refractivity contribution in [3.63, 3.8) is 0 Å². The first kappa shape index (κ1) is 24.7. The molecule has 3 aromatic carbocycles. The number of fused-ring (bicyclic) bond motifs is 3. The summed E-state index contributed by atoms with van der Waals surface area (Å²) >= 11 is 0. The molecule has 188 valence electrons. The second kappa shape index (κ2) is 10.2. The van der Waals surface area contributed by atoms with Gasteiger partial charge in [0.25, 0.3) is 0 Å². The predicted octanol–water partition coefficient (Wildman–Crippen LogP) is 9.80. The standard InChI is InChI=1S/C34H40O2/c1-6-7-8-10-25-20-31(35-28-12-9-11-27(22-28)26-16-13-23(2)14-17-26)33-29-19-24(3)15-18-30(29)34(4,5)36-32(33)21-25/h9,11-17,20-22,29-30H,6-8,10,18-19H2,1-5H3/t29-,30-/m1/s1. The summed E-state index contributed by atoms with van der Waals surface area (Å²) in [5.74, 6) is 3.73. The maximum Gasteiger partial charge on any atom is 0.134 e. The lowest BCUT2D eigenvalue weighted by Crippen LogP contribution is -2.45. The van der Waals surface area contributed by atoms with Crippen LogP contribution in [0, 0.1) is 12.8 Å². The molecule has 2 aliphatic rings. The Hall–Kier alpha value is -3.00. The SMILES string of the molecule is CCCCCc1cc(Oc2cccc(-c3ccc(C)cc3)c2)c2c(c1)OC(C)(C)[C@@H]1CC=C(C)C[C@@H]21. The summed E-state index contributed by atoms with van der Waals surface area (Å²) in [6.45, 7) is 11.2. The highest BCUT2D eigenvalue weighted by molar-refractivity contribution is 5.66. The number of ether oxygens (including phenoxy) is 2. The van der Waals surface area contributed by atoms with E-state index in [1.54, 1.807) is 0 Å². The topological polar surface area (TPSA) is 18.5 Å². The van der Waals surface area contributed by atoms with Gasteiger partial charge >= 0.3 is 0 Å². The largest absolute Gasteiger partial charge is 0.487 e. The van der Waals surface area contributed by atoms with E-state index in [0.717, 1.165) is 36.5 Å². The van der Waals surface area contributed by atoms with E-state index in [2.05, 4.69) is 101 Å². The zero-order chi connectivity index (χ0) is 25.3. The minimum atomic E-state index is -0.195. The second-order valence-corrected chi connectivity index (χ2v) is 11.4. The number of rotatable bonds is 7. The zero-order valence-corrected chi connectivity index (χ0v) is 22.6. The maximum absolute atomic E-state index is 6.76. The Morgan fingerprint density at radius 3 is 2.53 bits per heavy atom. The van der Waals surface area contributed by atoms with Crippen LogP contribution in [0.2, 0.25) is 0 Å². The molecule has 0 saturated carbocycles. The third-order valence-corrected chi connectivity index (χ3v) is 8.06. The van der Waals surface area contributed by atoms with E-state index in [1.807, 2.05) is 0 Å². The van der Waals surface area contributed by atoms with Crippen LogP contribution in [0.1, 0.15) is 82.4 Å². The molecule has 1 heterocycles. The third kappa shape index (κ3) is 5.09. The van der Waals surface area contributed by atoms with E-state index in [4.69, 9.17) is 9.47 Å². The van der Waals surface area contributed by atoms with Crippen molar-refractivity contribution in [3.05, 3.63) is 89.0 Å². The molecule has 5 rings (SSSR count). The number of aryl methyl sites for hydroxylation is 2. The maximum atomic E-state index is 6.76. The highest BCUT2D eigenvalue weighted by Gasteiger charge is 2.46. The van der Waals surface area contributed by atoms with Crippen molar-refractivity contribution >= 4 is 0 Å². The van der Waals surface area contributed by atoms with Gasteiger partial charge < -0.3 is 9.47 Å². The van der Waals surface area contributed by atoms with E-state index in [0.29, 0.717) is 11.8 Å². The van der Waals surface area contributed by atoms with Crippen LogP contribution in [0.15, 0.2) is 72.3 Å². The monoisotopic (exact) mass is 480 g/mol. The Morgan fingerprint density at radius 2 is 1.75 bits per heavy atom. The Kier molecular flexibility index (Phi) is 6.97. The molecular formula is C34H40O2. The Morgan fingerprint density at radius 1 is 0.944 bits per heavy atom. The Balaban J connectivity index is 1.55. The van der Waals surface area contributed by atoms with Crippen LogP contribution in [0.25, 0.3) is 11.1 Å². The van der Waals surface area contributed by atoms with Gasteiger partial charge in [0, 0.05) is 17.4 Å². The highest BCUT2D eigenvalue weighted by Crippen LogP contribution is 2.55. The molecular weight excluding hydrogens is 440 g/mol. The molecule has 1 aliphatic carbocycles. The van der Waals surface area contributed by atoms with Crippen molar-refractivity contribution in [2.24, 2.45) is 5.92 Å². The first-order valence-electron chi connectivity index (χ1n) is 13.7. The Labute approximate surface area is 217 Å². The van der Waals surface area contributed by atoms with Gasteiger partial charge in [-0.3, -0.25) is 0 Å². The summed E-state index contributed by atoms with van der Waals surface area (Å²) < 4.78 is 13.5. The van der Waals surface area contributed by atoms with Gasteiger partial charge in [0.15, 0.2) is 0 Å². The summed E-state index contributed by atoms with van der Waals surface area (Å²) in [7, 11) is 0. The van der Waals surface area contributed by atoms with E-state index in [1.165, 1.54) is 52.7 Å². The highest BCUT2D eigenvalue weighted by atomic mass is 16.5. The van der Waals surface area contributed by atoms with Crippen LogP contribution in [0.4, 0.5) is 0 Å². The molecule has 0 bridgehead atoms. The number of benzene rings is 3. The minimum absolute atomic E-state index is 0.195. The molecule has 0 aromatic heterocycles. The summed E-state index contributed by atoms with van der Waals surface area (Å²) in [5, 5.41) is 0. The van der Waals surface area contributed by atoms with Crippen molar-refractivity contribution in [2.75, 3.05) is 0 Å². The molecule has 3 aromatic rings. The molecule has 0 amide bonds. The number of unbranched alkanes of at least 4 members (excludes halogenated alkanes) is 2. The first-order valence-corrected chi connectivity index (χ1v) is 13.7. The number of allylic oxidation sites excluding steroid dienone is 2. The average Bonchev–Trinajstić information content (AvgIpc) is 2.84. The zero-order valence-electron chi connectivity index (χ0n) is 22.6. The van der Waals surface area contributed by atoms with Gasteiger partial charge in [0.1, 0.15) is 22.8 Å². The van der Waals surface area contributed by atoms with Crippen LogP contribution in [-0.4, -0.2) is 5.60 Å². The fourth-order valence-electron chi connectivity index (χ4n) is 6.02. The van der Waals surface area contributed by atoms with Crippen LogP contribution in [0.3, 0.4) is 0 Å². The molecule has 1 aliphatic heterocycles. The van der Waals surface area contributed by atoms with Gasteiger partial charge in [-0.2, -0.15) is 0 Å². The minimum Gasteiger partial charge on any atom is -0.487 e. The quantitative estimate of drug-likeness (QED) is 0.247. The Bertz CT molecular complexity index is 1250. The summed E-state index contributed by atoms with van der Waals surface area (Å²) in [4.78, 5) is 0. The van der Waals surface area contributed by atoms with E-state index in [-0.39, 0.29) is 5.60 Å². The smallest absolute Gasteiger partial charge is 0.134 e. The molecule has 2 heteroatoms. The van der Waals surface area contributed by atoms with Gasteiger partial charge in [-0.25, -0.2) is 0 Å². The molecule has 0 radical (unpaired) electrons. The summed E-state index contributed by atoms with van der Waals surface area (Å²) in [6, 6.07) is 21.8. The molecule has 0 saturated heterocycles. The lowest BCUT2D eigenvalue weighted by molar-refractivity contribution is 0.00767. The van der Waals surface area contributed by atoms with Crippen molar-refractivity contribution in [1.82, 2.24) is 0 Å². The molecule has 0 unspecified atom stereocenters. The molecule has 2 atom stereocenters. The molecule has 36 heavy (non-hydrogen) atoms. The van der Waals surface area contributed by atoms with Crippen molar-refractivity contribution in [2.45, 2.75) is 84.7 Å². The fourth-order valence-corrected chi connectivity index (χ4v) is 6.02. The second-order valence-electron chi connectivity index (χ2n) is 11.4. The third-order valence-electron chi connectivity index (χ3n) is 8.06. The van der Waals surface area contributed by atoms with Gasteiger partial charge in [0.2, 0.25) is 0 Å². The van der Waals surface area contributed by atoms with E-state index < -0.39 is 0 Å². The van der Waals surface area contributed by atoms with Crippen LogP contribution in [-0.2, 0) is 6.42 Å². The van der Waals surface area contributed by atoms with Gasteiger partial charge in [-0.15, -0.1) is 0 Å². The summed E-state index contributed by atoms with van der Waals surface area (Å²) in [5.41, 5.74) is 7.49. The lowest BCUT2D eigenvalue weighted by Gasteiger charge is -2.47. The van der Waals surface area contributed by atoms with Crippen molar-refractivity contribution < 1.29 is 9.47 Å². The van der Waals surface area contributed by atoms with Crippen LogP contribution in [0.5, 0.6) is 17.2 Å². The number of hydrogen-bond donors (Lipinski definition) is 0. The van der Waals surface area contributed by atoms with Crippen LogP contribution >= 0.6 is 0 Å². The molecule has 2 nitrogen and oxygen atoms in total. The van der Waals surface area contributed by atoms with Crippen molar-refractivity contribution in [1.29, 1.82) is 0 Å². The van der Waals surface area contributed by atoms with Gasteiger partial charge in [0.05, 0.1) is 0 Å². The fraction of sp³-hybridized carbons (Fsp3) is 0.412. The average molecular weight is 481 g/mol. The van der Waals surface area contributed by atoms with Gasteiger partial charge in [-0.1, -0.05) is 73.4 Å². The van der Waals surface area contributed by atoms with E-state index >= 15 is 0 Å². The van der Waals surface area contributed by atoms with Crippen molar-refractivity contribution in [3.8, 4) is 28.4 Å². The molecule has 0 spiro atoms. The molecule has 0 N–H and O–H groups in total. The van der Waals surface area contributed by atoms with E-state index in [9.17, 15) is 0 Å². The number of hydrogen-bond acceptors (Lipinski definition) is 2. The predicted molar refractivity (Wildman–Crippen MR) is 150 cm³/mol. The summed E-state index contributed by atoms with van der Waals surface area (Å²) in [6.07, 6.45) is 9.24. The van der Waals surface area contributed by atoms with Gasteiger partial charge in [-0.05, 0) is 94.3 Å². The molecule has 0 fully saturated rings. The lowest BCUT2D eigenvalue weighted by atomic mass is 9.67.